The van der Waals surface area contributed by atoms with Crippen molar-refractivity contribution in [2.75, 3.05) is 0 Å². The molecule has 0 aromatic carbocycles. The summed E-state index contributed by atoms with van der Waals surface area (Å²) >= 11 is 8.15. The third-order valence-electron chi connectivity index (χ3n) is 1.98. The minimum atomic E-state index is -0.224. The van der Waals surface area contributed by atoms with Crippen LogP contribution in [-0.4, -0.2) is 9.55 Å². The number of fused-ring (bicyclic) bond motifs is 1. The van der Waals surface area contributed by atoms with Crippen LogP contribution in [0.3, 0.4) is 0 Å². The first-order chi connectivity index (χ1) is 6.59. The first kappa shape index (κ1) is 9.61. The molecule has 0 amide bonds. The van der Waals surface area contributed by atoms with Crippen LogP contribution in [-0.2, 0) is 7.05 Å². The van der Waals surface area contributed by atoms with E-state index in [1.165, 1.54) is 0 Å². The SMILES string of the molecule is Cn1ccc2c(S)c(=O)c(S)nc-2c1. The fourth-order valence-corrected chi connectivity index (χ4v) is 1.87. The lowest BCUT2D eigenvalue weighted by Gasteiger charge is -2.09. The summed E-state index contributed by atoms with van der Waals surface area (Å²) < 4.78 is 1.86. The van der Waals surface area contributed by atoms with E-state index in [1.54, 1.807) is 0 Å². The van der Waals surface area contributed by atoms with Gasteiger partial charge in [-0.2, -0.15) is 0 Å². The van der Waals surface area contributed by atoms with Crippen molar-refractivity contribution in [3.63, 3.8) is 0 Å². The standard InChI is InChI=1S/C9H8N2OS2/c1-11-3-2-5-6(4-11)10-9(14)7(12)8(5)13/h2-4,13H,1H3,(H,10,14). The number of aryl methyl sites for hydroxylation is 1. The summed E-state index contributed by atoms with van der Waals surface area (Å²) in [6, 6.07) is 1.82. The largest absolute Gasteiger partial charge is 0.355 e. The Morgan fingerprint density at radius 1 is 1.43 bits per heavy atom. The highest BCUT2D eigenvalue weighted by Gasteiger charge is 2.12. The summed E-state index contributed by atoms with van der Waals surface area (Å²) in [4.78, 5) is 15.9. The van der Waals surface area contributed by atoms with Crippen molar-refractivity contribution in [2.24, 2.45) is 7.05 Å². The maximum Gasteiger partial charge on any atom is 0.224 e. The molecular formula is C9H8N2OS2. The molecule has 5 heteroatoms. The number of pyridine rings is 2. The molecule has 0 atom stereocenters. The van der Waals surface area contributed by atoms with Gasteiger partial charge in [-0.3, -0.25) is 4.79 Å². The monoisotopic (exact) mass is 224 g/mol. The Labute approximate surface area is 92.0 Å². The maximum absolute atomic E-state index is 11.4. The van der Waals surface area contributed by atoms with Gasteiger partial charge in [-0.1, -0.05) is 0 Å². The van der Waals surface area contributed by atoms with E-state index in [-0.39, 0.29) is 10.5 Å². The van der Waals surface area contributed by atoms with Gasteiger partial charge in [0.15, 0.2) is 0 Å². The number of nitrogens with zero attached hydrogens (tertiary/aromatic N) is 2. The first-order valence-electron chi connectivity index (χ1n) is 3.97. The average Bonchev–Trinajstić information content (AvgIpc) is 2.14. The molecule has 2 aliphatic rings. The smallest absolute Gasteiger partial charge is 0.224 e. The highest BCUT2D eigenvalue weighted by molar-refractivity contribution is 7.81. The average molecular weight is 224 g/mol. The van der Waals surface area contributed by atoms with Crippen LogP contribution in [0.5, 0.6) is 0 Å². The highest BCUT2D eigenvalue weighted by atomic mass is 32.1. The quantitative estimate of drug-likeness (QED) is 0.664. The molecule has 0 aliphatic carbocycles. The molecule has 3 nitrogen and oxygen atoms in total. The van der Waals surface area contributed by atoms with E-state index in [0.29, 0.717) is 4.90 Å². The zero-order valence-electron chi connectivity index (χ0n) is 7.43. The third kappa shape index (κ3) is 1.42. The summed E-state index contributed by atoms with van der Waals surface area (Å²) in [5.74, 6) is 0. The highest BCUT2D eigenvalue weighted by Crippen LogP contribution is 2.24. The molecule has 0 unspecified atom stereocenters. The lowest BCUT2D eigenvalue weighted by atomic mass is 10.2. The van der Waals surface area contributed by atoms with Gasteiger partial charge in [0, 0.05) is 25.0 Å². The fraction of sp³-hybridized carbons (Fsp3) is 0.111. The van der Waals surface area contributed by atoms with Gasteiger partial charge in [0.2, 0.25) is 5.43 Å². The van der Waals surface area contributed by atoms with Crippen molar-refractivity contribution >= 4 is 25.3 Å². The summed E-state index contributed by atoms with van der Waals surface area (Å²) in [5.41, 5.74) is 1.26. The number of thiol groups is 2. The number of rotatable bonds is 0. The van der Waals surface area contributed by atoms with Crippen molar-refractivity contribution in [1.82, 2.24) is 9.55 Å². The van der Waals surface area contributed by atoms with Crippen molar-refractivity contribution in [3.8, 4) is 11.3 Å². The summed E-state index contributed by atoms with van der Waals surface area (Å²) in [7, 11) is 1.89. The molecule has 0 saturated heterocycles. The van der Waals surface area contributed by atoms with E-state index in [9.17, 15) is 4.79 Å². The minimum absolute atomic E-state index is 0.189. The van der Waals surface area contributed by atoms with Crippen LogP contribution in [0.25, 0.3) is 11.3 Å². The van der Waals surface area contributed by atoms with Gasteiger partial charge < -0.3 is 4.57 Å². The Balaban J connectivity index is 2.91. The van der Waals surface area contributed by atoms with Crippen LogP contribution in [0.15, 0.2) is 33.2 Å². The van der Waals surface area contributed by atoms with Crippen LogP contribution < -0.4 is 5.43 Å². The number of hydrogen-bond acceptors (Lipinski definition) is 4. The van der Waals surface area contributed by atoms with Crippen LogP contribution >= 0.6 is 25.3 Å². The molecule has 0 bridgehead atoms. The fourth-order valence-electron chi connectivity index (χ4n) is 1.27. The van der Waals surface area contributed by atoms with Crippen LogP contribution in [0.1, 0.15) is 0 Å². The predicted molar refractivity (Wildman–Crippen MR) is 60.6 cm³/mol. The second-order valence-corrected chi connectivity index (χ2v) is 3.89. The minimum Gasteiger partial charge on any atom is -0.355 e. The second kappa shape index (κ2) is 3.33. The molecule has 0 spiro atoms. The molecule has 0 N–H and O–H groups in total. The Hall–Kier alpha value is -0.940. The van der Waals surface area contributed by atoms with Gasteiger partial charge in [-0.25, -0.2) is 4.98 Å². The van der Waals surface area contributed by atoms with Gasteiger partial charge in [0.1, 0.15) is 5.03 Å². The molecule has 0 radical (unpaired) electrons. The van der Waals surface area contributed by atoms with Gasteiger partial charge in [0.25, 0.3) is 0 Å². The third-order valence-corrected chi connectivity index (χ3v) is 2.72. The van der Waals surface area contributed by atoms with Gasteiger partial charge in [-0.05, 0) is 6.07 Å². The molecule has 72 valence electrons. The molecule has 2 heterocycles. The van der Waals surface area contributed by atoms with Gasteiger partial charge >= 0.3 is 0 Å². The first-order valence-corrected chi connectivity index (χ1v) is 4.87. The zero-order valence-corrected chi connectivity index (χ0v) is 9.22. The maximum atomic E-state index is 11.4. The molecule has 0 aromatic rings. The lowest BCUT2D eigenvalue weighted by Crippen LogP contribution is -2.10. The Morgan fingerprint density at radius 2 is 2.14 bits per heavy atom. The van der Waals surface area contributed by atoms with Crippen LogP contribution in [0.4, 0.5) is 0 Å². The van der Waals surface area contributed by atoms with E-state index >= 15 is 0 Å². The van der Waals surface area contributed by atoms with Crippen molar-refractivity contribution in [1.29, 1.82) is 0 Å². The lowest BCUT2D eigenvalue weighted by molar-refractivity contribution is 0.886. The second-order valence-electron chi connectivity index (χ2n) is 3.02. The normalized spacial score (nSPS) is 10.8. The molecule has 0 aromatic heterocycles. The molecule has 0 fully saturated rings. The Bertz CT molecular complexity index is 521. The summed E-state index contributed by atoms with van der Waals surface area (Å²) in [6.45, 7) is 0. The van der Waals surface area contributed by atoms with Crippen LogP contribution in [0.2, 0.25) is 0 Å². The number of aromatic nitrogens is 2. The van der Waals surface area contributed by atoms with Crippen molar-refractivity contribution in [3.05, 3.63) is 28.7 Å². The summed E-state index contributed by atoms with van der Waals surface area (Å²) in [6.07, 6.45) is 3.68. The topological polar surface area (TPSA) is 34.9 Å². The number of hydrogen-bond donors (Lipinski definition) is 2. The molecule has 2 aliphatic heterocycles. The molecule has 2 rings (SSSR count). The van der Waals surface area contributed by atoms with E-state index < -0.39 is 0 Å². The van der Waals surface area contributed by atoms with Crippen molar-refractivity contribution in [2.45, 2.75) is 9.92 Å². The Morgan fingerprint density at radius 3 is 2.86 bits per heavy atom. The zero-order chi connectivity index (χ0) is 10.3. The van der Waals surface area contributed by atoms with E-state index in [2.05, 4.69) is 30.2 Å². The van der Waals surface area contributed by atoms with E-state index in [1.807, 2.05) is 30.1 Å². The molecule has 0 saturated carbocycles. The Kier molecular flexibility index (Phi) is 2.28. The molecule has 14 heavy (non-hydrogen) atoms. The van der Waals surface area contributed by atoms with Crippen LogP contribution in [0, 0.1) is 0 Å². The van der Waals surface area contributed by atoms with Crippen molar-refractivity contribution < 1.29 is 0 Å². The van der Waals surface area contributed by atoms with E-state index in [0.717, 1.165) is 11.3 Å². The van der Waals surface area contributed by atoms with Gasteiger partial charge in [-0.15, -0.1) is 25.3 Å². The van der Waals surface area contributed by atoms with Gasteiger partial charge in [0.05, 0.1) is 10.6 Å². The molecular weight excluding hydrogens is 216 g/mol. The predicted octanol–water partition coefficient (Wildman–Crippen LogP) is 1.46. The van der Waals surface area contributed by atoms with E-state index in [4.69, 9.17) is 0 Å². The summed E-state index contributed by atoms with van der Waals surface area (Å²) in [5, 5.41) is 0.189.